The summed E-state index contributed by atoms with van der Waals surface area (Å²) in [5.41, 5.74) is 0.522. The lowest BCUT2D eigenvalue weighted by Crippen LogP contribution is -2.44. The highest BCUT2D eigenvalue weighted by Crippen LogP contribution is 2.47. The average molecular weight is 351 g/mol. The summed E-state index contributed by atoms with van der Waals surface area (Å²) in [5, 5.41) is 7.08. The third kappa shape index (κ3) is 3.30. The molecule has 1 heterocycles. The summed E-state index contributed by atoms with van der Waals surface area (Å²) in [6.45, 7) is 0. The maximum atomic E-state index is 12.9. The molecule has 2 amide bonds. The highest BCUT2D eigenvalue weighted by molar-refractivity contribution is 6.14. The van der Waals surface area contributed by atoms with Crippen molar-refractivity contribution in [2.45, 2.75) is 57.4 Å². The molecule has 0 unspecified atom stereocenters. The van der Waals surface area contributed by atoms with Gasteiger partial charge in [-0.3, -0.25) is 14.6 Å². The van der Waals surface area contributed by atoms with Crippen LogP contribution in [0.5, 0.6) is 0 Å². The number of para-hydroxylation sites is 1. The van der Waals surface area contributed by atoms with Crippen molar-refractivity contribution in [1.82, 2.24) is 10.3 Å². The van der Waals surface area contributed by atoms with Crippen LogP contribution in [0.4, 0.5) is 5.69 Å². The van der Waals surface area contributed by atoms with Gasteiger partial charge in [0.1, 0.15) is 5.41 Å². The second kappa shape index (κ2) is 7.06. The van der Waals surface area contributed by atoms with Crippen molar-refractivity contribution in [3.63, 3.8) is 0 Å². The molecule has 4 rings (SSSR count). The molecule has 2 fully saturated rings. The highest BCUT2D eigenvalue weighted by Gasteiger charge is 2.56. The number of benzene rings is 1. The molecule has 1 aromatic heterocycles. The van der Waals surface area contributed by atoms with Crippen LogP contribution in [-0.2, 0) is 9.59 Å². The van der Waals surface area contributed by atoms with Gasteiger partial charge in [-0.2, -0.15) is 0 Å². The number of nitrogens with one attached hydrogen (secondary N) is 2. The first kappa shape index (κ1) is 17.0. The predicted octanol–water partition coefficient (Wildman–Crippen LogP) is 3.79. The molecule has 2 N–H and O–H groups in total. The van der Waals surface area contributed by atoms with E-state index in [2.05, 4.69) is 15.6 Å². The van der Waals surface area contributed by atoms with Gasteiger partial charge in [-0.05, 0) is 37.8 Å². The maximum Gasteiger partial charge on any atom is 0.240 e. The van der Waals surface area contributed by atoms with Gasteiger partial charge in [-0.25, -0.2) is 0 Å². The van der Waals surface area contributed by atoms with Crippen molar-refractivity contribution in [2.24, 2.45) is 5.41 Å². The van der Waals surface area contributed by atoms with Gasteiger partial charge in [0.15, 0.2) is 0 Å². The topological polar surface area (TPSA) is 71.1 Å². The molecule has 2 aliphatic rings. The first-order valence-corrected chi connectivity index (χ1v) is 9.65. The number of pyridine rings is 1. The Morgan fingerprint density at radius 2 is 1.69 bits per heavy atom. The molecule has 1 aromatic carbocycles. The van der Waals surface area contributed by atoms with Gasteiger partial charge in [-0.1, -0.05) is 43.9 Å². The van der Waals surface area contributed by atoms with E-state index in [1.807, 2.05) is 30.3 Å². The van der Waals surface area contributed by atoms with Crippen molar-refractivity contribution < 1.29 is 9.59 Å². The number of anilines is 1. The van der Waals surface area contributed by atoms with E-state index in [-0.39, 0.29) is 17.9 Å². The van der Waals surface area contributed by atoms with Crippen molar-refractivity contribution in [2.75, 3.05) is 5.32 Å². The van der Waals surface area contributed by atoms with E-state index in [1.165, 1.54) is 12.8 Å². The first-order chi connectivity index (χ1) is 12.7. The molecule has 5 nitrogen and oxygen atoms in total. The van der Waals surface area contributed by atoms with Gasteiger partial charge in [0.25, 0.3) is 0 Å². The number of hydrogen-bond donors (Lipinski definition) is 2. The molecule has 2 aliphatic carbocycles. The fourth-order valence-corrected chi connectivity index (χ4v) is 3.88. The molecule has 2 aromatic rings. The van der Waals surface area contributed by atoms with Gasteiger partial charge in [0, 0.05) is 17.6 Å². The van der Waals surface area contributed by atoms with E-state index < -0.39 is 5.41 Å². The summed E-state index contributed by atoms with van der Waals surface area (Å²) in [4.78, 5) is 30.1. The largest absolute Gasteiger partial charge is 0.352 e. The minimum atomic E-state index is -0.900. The predicted molar refractivity (Wildman–Crippen MR) is 102 cm³/mol. The smallest absolute Gasteiger partial charge is 0.240 e. The zero-order valence-corrected chi connectivity index (χ0v) is 15.0. The number of hydrogen-bond acceptors (Lipinski definition) is 3. The van der Waals surface area contributed by atoms with Crippen LogP contribution >= 0.6 is 0 Å². The number of carbonyl (C=O) groups excluding carboxylic acids is 2. The fraction of sp³-hybridized carbons (Fsp3) is 0.476. The normalized spacial score (nSPS) is 19.5. The minimum absolute atomic E-state index is 0.102. The van der Waals surface area contributed by atoms with E-state index in [9.17, 15) is 9.59 Å². The zero-order chi connectivity index (χ0) is 18.0. The summed E-state index contributed by atoms with van der Waals surface area (Å²) in [6, 6.07) is 9.75. The van der Waals surface area contributed by atoms with Gasteiger partial charge in [-0.15, -0.1) is 0 Å². The summed E-state index contributed by atoms with van der Waals surface area (Å²) < 4.78 is 0. The molecule has 136 valence electrons. The third-order valence-corrected chi connectivity index (χ3v) is 5.69. The van der Waals surface area contributed by atoms with Crippen LogP contribution in [0.15, 0.2) is 36.5 Å². The number of amides is 2. The number of nitrogens with zero attached hydrogens (tertiary/aromatic N) is 1. The second-order valence-corrected chi connectivity index (χ2v) is 7.58. The molecule has 26 heavy (non-hydrogen) atoms. The molecule has 2 saturated carbocycles. The Balaban J connectivity index is 1.47. The van der Waals surface area contributed by atoms with Gasteiger partial charge >= 0.3 is 0 Å². The molecule has 0 spiro atoms. The van der Waals surface area contributed by atoms with Crippen LogP contribution in [0.2, 0.25) is 0 Å². The van der Waals surface area contributed by atoms with Gasteiger partial charge in [0.05, 0.1) is 11.2 Å². The Bertz CT molecular complexity index is 816. The van der Waals surface area contributed by atoms with Crippen molar-refractivity contribution in [1.29, 1.82) is 0 Å². The van der Waals surface area contributed by atoms with Crippen LogP contribution in [-0.4, -0.2) is 22.8 Å². The molecule has 0 atom stereocenters. The van der Waals surface area contributed by atoms with E-state index in [0.29, 0.717) is 18.5 Å². The first-order valence-electron chi connectivity index (χ1n) is 9.65. The van der Waals surface area contributed by atoms with E-state index >= 15 is 0 Å². The molecular formula is C21H25N3O2. The van der Waals surface area contributed by atoms with E-state index in [0.717, 1.165) is 36.6 Å². The van der Waals surface area contributed by atoms with Crippen molar-refractivity contribution in [3.05, 3.63) is 36.5 Å². The molecule has 0 bridgehead atoms. The van der Waals surface area contributed by atoms with Crippen LogP contribution in [0, 0.1) is 5.41 Å². The number of fused-ring (bicyclic) bond motifs is 1. The van der Waals surface area contributed by atoms with Crippen LogP contribution in [0.1, 0.15) is 51.4 Å². The lowest BCUT2D eigenvalue weighted by atomic mass is 10.0. The fourth-order valence-electron chi connectivity index (χ4n) is 3.88. The monoisotopic (exact) mass is 351 g/mol. The summed E-state index contributed by atoms with van der Waals surface area (Å²) in [5.74, 6) is -0.308. The lowest BCUT2D eigenvalue weighted by Gasteiger charge is -2.21. The Morgan fingerprint density at radius 3 is 2.42 bits per heavy atom. The Labute approximate surface area is 153 Å². The molecular weight excluding hydrogens is 326 g/mol. The molecule has 5 heteroatoms. The Hall–Kier alpha value is -2.43. The Morgan fingerprint density at radius 1 is 0.962 bits per heavy atom. The number of aromatic nitrogens is 1. The maximum absolute atomic E-state index is 12.9. The summed E-state index contributed by atoms with van der Waals surface area (Å²) >= 11 is 0. The number of rotatable bonds is 4. The van der Waals surface area contributed by atoms with Crippen LogP contribution in [0.25, 0.3) is 10.9 Å². The molecule has 0 saturated heterocycles. The van der Waals surface area contributed by atoms with Crippen molar-refractivity contribution >= 4 is 28.4 Å². The summed E-state index contributed by atoms with van der Waals surface area (Å²) in [6.07, 6.45) is 9.80. The Kier molecular flexibility index (Phi) is 4.62. The minimum Gasteiger partial charge on any atom is -0.352 e. The number of carbonyl (C=O) groups is 2. The zero-order valence-electron chi connectivity index (χ0n) is 15.0. The highest BCUT2D eigenvalue weighted by atomic mass is 16.2. The van der Waals surface area contributed by atoms with Gasteiger partial charge in [0.2, 0.25) is 11.8 Å². The van der Waals surface area contributed by atoms with E-state index in [4.69, 9.17) is 0 Å². The third-order valence-electron chi connectivity index (χ3n) is 5.69. The van der Waals surface area contributed by atoms with E-state index in [1.54, 1.807) is 6.20 Å². The van der Waals surface area contributed by atoms with Gasteiger partial charge < -0.3 is 10.6 Å². The average Bonchev–Trinajstić information content (AvgIpc) is 3.48. The second-order valence-electron chi connectivity index (χ2n) is 7.58. The quantitative estimate of drug-likeness (QED) is 0.650. The van der Waals surface area contributed by atoms with Crippen LogP contribution < -0.4 is 10.6 Å². The molecule has 0 radical (unpaired) electrons. The molecule has 0 aliphatic heterocycles. The standard InChI is InChI=1S/C21H25N3O2/c25-19(23-16-9-3-1-2-4-10-16)21(12-13-21)20(26)24-17-11-5-7-15-8-6-14-22-18(15)17/h5-8,11,14,16H,1-4,9-10,12-13H2,(H,23,25)(H,24,26). The lowest BCUT2D eigenvalue weighted by molar-refractivity contribution is -0.134. The van der Waals surface area contributed by atoms with Crippen molar-refractivity contribution in [3.8, 4) is 0 Å². The SMILES string of the molecule is O=C(Nc1cccc2cccnc12)C1(C(=O)NC2CCCCCC2)CC1. The summed E-state index contributed by atoms with van der Waals surface area (Å²) in [7, 11) is 0. The van der Waals surface area contributed by atoms with Crippen LogP contribution in [0.3, 0.4) is 0 Å².